The van der Waals surface area contributed by atoms with Crippen molar-refractivity contribution in [3.05, 3.63) is 42.6 Å². The largest absolute Gasteiger partial charge is 0.450 e. The Hall–Kier alpha value is -3.42. The molecular formula is C18H20N4O4. The molecule has 1 aromatic carbocycles. The standard InChI is InChI=1S/C18H20N4O4/c1-3-26-18(25)22-15-8-9-16(19-11-15)20-13-4-6-14(7-5-13)21-17(24)10-12(2)23/h4-9,11H,3,10H2,1-2H3,(H,19,20)(H,21,24)(H,22,25). The van der Waals surface area contributed by atoms with Crippen molar-refractivity contribution in [3.63, 3.8) is 0 Å². The van der Waals surface area contributed by atoms with Crippen LogP contribution in [-0.4, -0.2) is 29.4 Å². The molecule has 0 aliphatic heterocycles. The van der Waals surface area contributed by atoms with Gasteiger partial charge in [-0.15, -0.1) is 0 Å². The van der Waals surface area contributed by atoms with Gasteiger partial charge in [0.25, 0.3) is 0 Å². The van der Waals surface area contributed by atoms with Gasteiger partial charge in [0.2, 0.25) is 5.91 Å². The van der Waals surface area contributed by atoms with Crippen molar-refractivity contribution in [2.24, 2.45) is 0 Å². The Balaban J connectivity index is 1.91. The number of aromatic nitrogens is 1. The number of rotatable bonds is 7. The Morgan fingerprint density at radius 1 is 0.962 bits per heavy atom. The monoisotopic (exact) mass is 356 g/mol. The number of hydrogen-bond acceptors (Lipinski definition) is 6. The summed E-state index contributed by atoms with van der Waals surface area (Å²) in [5.41, 5.74) is 1.90. The topological polar surface area (TPSA) is 109 Å². The van der Waals surface area contributed by atoms with E-state index < -0.39 is 6.09 Å². The Kier molecular flexibility index (Phi) is 6.67. The van der Waals surface area contributed by atoms with Gasteiger partial charge in [-0.05, 0) is 50.2 Å². The lowest BCUT2D eigenvalue weighted by molar-refractivity contribution is -0.124. The lowest BCUT2D eigenvalue weighted by Gasteiger charge is -2.09. The maximum Gasteiger partial charge on any atom is 0.411 e. The van der Waals surface area contributed by atoms with E-state index in [0.29, 0.717) is 23.8 Å². The normalized spacial score (nSPS) is 9.92. The minimum atomic E-state index is -0.530. The van der Waals surface area contributed by atoms with E-state index in [-0.39, 0.29) is 18.1 Å². The summed E-state index contributed by atoms with van der Waals surface area (Å²) in [6.45, 7) is 3.39. The first-order valence-corrected chi connectivity index (χ1v) is 8.02. The number of nitrogens with zero attached hydrogens (tertiary/aromatic N) is 1. The Labute approximate surface area is 151 Å². The van der Waals surface area contributed by atoms with Crippen LogP contribution in [-0.2, 0) is 14.3 Å². The highest BCUT2D eigenvalue weighted by molar-refractivity contribution is 6.03. The van der Waals surface area contributed by atoms with Gasteiger partial charge in [-0.3, -0.25) is 14.9 Å². The summed E-state index contributed by atoms with van der Waals surface area (Å²) in [5, 5.41) is 8.30. The molecule has 0 saturated carbocycles. The fourth-order valence-electron chi connectivity index (χ4n) is 2.04. The van der Waals surface area contributed by atoms with Crippen molar-refractivity contribution in [2.75, 3.05) is 22.6 Å². The van der Waals surface area contributed by atoms with Crippen LogP contribution in [0.1, 0.15) is 20.3 Å². The molecule has 8 nitrogen and oxygen atoms in total. The average Bonchev–Trinajstić information content (AvgIpc) is 2.58. The Morgan fingerprint density at radius 2 is 1.62 bits per heavy atom. The lowest BCUT2D eigenvalue weighted by atomic mass is 10.2. The van der Waals surface area contributed by atoms with Crippen molar-refractivity contribution in [1.82, 2.24) is 4.98 Å². The van der Waals surface area contributed by atoms with Gasteiger partial charge in [-0.25, -0.2) is 9.78 Å². The van der Waals surface area contributed by atoms with Crippen LogP contribution >= 0.6 is 0 Å². The molecule has 0 radical (unpaired) electrons. The highest BCUT2D eigenvalue weighted by Crippen LogP contribution is 2.19. The summed E-state index contributed by atoms with van der Waals surface area (Å²) in [5.74, 6) is 0.0603. The van der Waals surface area contributed by atoms with Gasteiger partial charge in [0.05, 0.1) is 24.9 Å². The maximum atomic E-state index is 11.6. The molecule has 0 aliphatic carbocycles. The second-order valence-corrected chi connectivity index (χ2v) is 5.41. The van der Waals surface area contributed by atoms with Crippen LogP contribution in [0.4, 0.5) is 27.7 Å². The van der Waals surface area contributed by atoms with Gasteiger partial charge in [0.15, 0.2) is 0 Å². The molecule has 0 bridgehead atoms. The van der Waals surface area contributed by atoms with Gasteiger partial charge < -0.3 is 15.4 Å². The van der Waals surface area contributed by atoms with Crippen molar-refractivity contribution < 1.29 is 19.1 Å². The smallest absolute Gasteiger partial charge is 0.411 e. The summed E-state index contributed by atoms with van der Waals surface area (Å²) in [6.07, 6.45) is 0.837. The molecule has 0 atom stereocenters. The Morgan fingerprint density at radius 3 is 2.19 bits per heavy atom. The van der Waals surface area contributed by atoms with E-state index in [1.807, 2.05) is 0 Å². The molecule has 0 unspecified atom stereocenters. The third-order valence-electron chi connectivity index (χ3n) is 3.14. The number of anilines is 4. The quantitative estimate of drug-likeness (QED) is 0.657. The average molecular weight is 356 g/mol. The van der Waals surface area contributed by atoms with Crippen molar-refractivity contribution in [3.8, 4) is 0 Å². The zero-order valence-corrected chi connectivity index (χ0v) is 14.5. The molecular weight excluding hydrogens is 336 g/mol. The number of Topliss-reactive ketones (excluding diaryl/α,β-unsaturated/α-hetero) is 1. The van der Waals surface area contributed by atoms with Gasteiger partial charge in [0, 0.05) is 11.4 Å². The first kappa shape index (κ1) is 18.9. The van der Waals surface area contributed by atoms with E-state index in [0.717, 1.165) is 5.69 Å². The van der Waals surface area contributed by atoms with Crippen LogP contribution in [0.3, 0.4) is 0 Å². The first-order chi connectivity index (χ1) is 12.5. The van der Waals surface area contributed by atoms with Gasteiger partial charge >= 0.3 is 6.09 Å². The number of amides is 2. The van der Waals surface area contributed by atoms with Crippen LogP contribution in [0, 0.1) is 0 Å². The number of hydrogen-bond donors (Lipinski definition) is 3. The fraction of sp³-hybridized carbons (Fsp3) is 0.222. The van der Waals surface area contributed by atoms with E-state index in [1.165, 1.54) is 13.1 Å². The number of ketones is 1. The van der Waals surface area contributed by atoms with Gasteiger partial charge in [-0.2, -0.15) is 0 Å². The molecule has 0 spiro atoms. The Bertz CT molecular complexity index is 773. The summed E-state index contributed by atoms with van der Waals surface area (Å²) >= 11 is 0. The van der Waals surface area contributed by atoms with Crippen LogP contribution < -0.4 is 16.0 Å². The number of ether oxygens (including phenoxy) is 1. The van der Waals surface area contributed by atoms with E-state index in [4.69, 9.17) is 4.74 Å². The number of carbonyl (C=O) groups is 3. The molecule has 1 aromatic heterocycles. The highest BCUT2D eigenvalue weighted by atomic mass is 16.5. The molecule has 3 N–H and O–H groups in total. The predicted octanol–water partition coefficient (Wildman–Crippen LogP) is 3.31. The second-order valence-electron chi connectivity index (χ2n) is 5.41. The third-order valence-corrected chi connectivity index (χ3v) is 3.14. The molecule has 26 heavy (non-hydrogen) atoms. The third kappa shape index (κ3) is 6.23. The minimum Gasteiger partial charge on any atom is -0.450 e. The summed E-state index contributed by atoms with van der Waals surface area (Å²) in [7, 11) is 0. The van der Waals surface area contributed by atoms with Crippen molar-refractivity contribution in [2.45, 2.75) is 20.3 Å². The zero-order chi connectivity index (χ0) is 18.9. The highest BCUT2D eigenvalue weighted by Gasteiger charge is 2.06. The number of benzene rings is 1. The number of pyridine rings is 1. The molecule has 2 aromatic rings. The van der Waals surface area contributed by atoms with Crippen LogP contribution in [0.25, 0.3) is 0 Å². The molecule has 2 amide bonds. The van der Waals surface area contributed by atoms with E-state index in [9.17, 15) is 14.4 Å². The first-order valence-electron chi connectivity index (χ1n) is 8.02. The second kappa shape index (κ2) is 9.16. The van der Waals surface area contributed by atoms with E-state index >= 15 is 0 Å². The number of carbonyl (C=O) groups excluding carboxylic acids is 3. The van der Waals surface area contributed by atoms with Crippen LogP contribution in [0.15, 0.2) is 42.6 Å². The summed E-state index contributed by atoms with van der Waals surface area (Å²) in [6, 6.07) is 10.4. The van der Waals surface area contributed by atoms with Crippen molar-refractivity contribution in [1.29, 1.82) is 0 Å². The molecule has 1 heterocycles. The van der Waals surface area contributed by atoms with Gasteiger partial charge in [0.1, 0.15) is 11.6 Å². The van der Waals surface area contributed by atoms with Gasteiger partial charge in [-0.1, -0.05) is 0 Å². The molecule has 136 valence electrons. The lowest BCUT2D eigenvalue weighted by Crippen LogP contribution is -2.14. The molecule has 2 rings (SSSR count). The molecule has 0 fully saturated rings. The van der Waals surface area contributed by atoms with Crippen LogP contribution in [0.2, 0.25) is 0 Å². The molecule has 0 saturated heterocycles. The van der Waals surface area contributed by atoms with E-state index in [1.54, 1.807) is 43.3 Å². The van der Waals surface area contributed by atoms with Crippen molar-refractivity contribution >= 4 is 40.7 Å². The SMILES string of the molecule is CCOC(=O)Nc1ccc(Nc2ccc(NC(=O)CC(C)=O)cc2)nc1. The zero-order valence-electron chi connectivity index (χ0n) is 14.5. The number of nitrogens with one attached hydrogen (secondary N) is 3. The summed E-state index contributed by atoms with van der Waals surface area (Å²) in [4.78, 5) is 38.0. The fourth-order valence-corrected chi connectivity index (χ4v) is 2.04. The maximum absolute atomic E-state index is 11.6. The summed E-state index contributed by atoms with van der Waals surface area (Å²) < 4.78 is 4.79. The van der Waals surface area contributed by atoms with Crippen LogP contribution in [0.5, 0.6) is 0 Å². The molecule has 0 aliphatic rings. The van der Waals surface area contributed by atoms with E-state index in [2.05, 4.69) is 20.9 Å². The predicted molar refractivity (Wildman–Crippen MR) is 98.5 cm³/mol. The molecule has 8 heteroatoms. The minimum absolute atomic E-state index is 0.143.